The number of nitrogens with two attached hydrogens (primary N) is 1. The fourth-order valence-corrected chi connectivity index (χ4v) is 2.96. The Balaban J connectivity index is 2.38. The molecule has 0 saturated heterocycles. The molecule has 0 saturated carbocycles. The fourth-order valence-electron chi connectivity index (χ4n) is 2.06. The molecule has 0 heterocycles. The number of halogens is 3. The molecule has 0 aliphatic rings. The van der Waals surface area contributed by atoms with Crippen LogP contribution in [0.1, 0.15) is 10.4 Å². The monoisotopic (exact) mass is 433 g/mol. The SMILES string of the molecule is COc1cc(C(=O)Oc2c(Cl)cc(Cl)cc2Cl)cc(OC)c1OCC(N)=O. The van der Waals surface area contributed by atoms with E-state index >= 15 is 0 Å². The average Bonchev–Trinajstić information content (AvgIpc) is 2.61. The van der Waals surface area contributed by atoms with Crippen LogP contribution in [-0.2, 0) is 4.79 Å². The maximum atomic E-state index is 12.5. The standard InChI is InChI=1S/C17H14Cl3NO6/c1-24-12-3-8(4-13(25-2)16(12)26-7-14(21)22)17(23)27-15-10(19)5-9(18)6-11(15)20/h3-6H,7H2,1-2H3,(H2,21,22). The Morgan fingerprint density at radius 3 is 1.89 bits per heavy atom. The van der Waals surface area contributed by atoms with E-state index in [4.69, 9.17) is 59.5 Å². The molecule has 0 spiro atoms. The summed E-state index contributed by atoms with van der Waals surface area (Å²) in [7, 11) is 2.71. The molecule has 2 N–H and O–H groups in total. The molecule has 0 aromatic heterocycles. The summed E-state index contributed by atoms with van der Waals surface area (Å²) in [6.45, 7) is -0.396. The van der Waals surface area contributed by atoms with Gasteiger partial charge in [0.1, 0.15) is 0 Å². The van der Waals surface area contributed by atoms with Crippen LogP contribution in [0.2, 0.25) is 15.1 Å². The fraction of sp³-hybridized carbons (Fsp3) is 0.176. The molecule has 144 valence electrons. The number of benzene rings is 2. The molecule has 0 aliphatic carbocycles. The van der Waals surface area contributed by atoms with Gasteiger partial charge in [0.25, 0.3) is 5.91 Å². The molecule has 0 aliphatic heterocycles. The van der Waals surface area contributed by atoms with E-state index in [1.54, 1.807) is 0 Å². The van der Waals surface area contributed by atoms with Crippen LogP contribution in [-0.4, -0.2) is 32.7 Å². The highest BCUT2D eigenvalue weighted by molar-refractivity contribution is 6.40. The van der Waals surface area contributed by atoms with E-state index < -0.39 is 18.5 Å². The summed E-state index contributed by atoms with van der Waals surface area (Å²) in [4.78, 5) is 23.5. The van der Waals surface area contributed by atoms with Gasteiger partial charge in [0.2, 0.25) is 5.75 Å². The van der Waals surface area contributed by atoms with Gasteiger partial charge >= 0.3 is 5.97 Å². The van der Waals surface area contributed by atoms with Crippen LogP contribution in [0.15, 0.2) is 24.3 Å². The van der Waals surface area contributed by atoms with Gasteiger partial charge in [0.05, 0.1) is 29.8 Å². The van der Waals surface area contributed by atoms with Crippen LogP contribution in [0.5, 0.6) is 23.0 Å². The van der Waals surface area contributed by atoms with E-state index in [9.17, 15) is 9.59 Å². The van der Waals surface area contributed by atoms with Crippen molar-refractivity contribution in [2.75, 3.05) is 20.8 Å². The highest BCUT2D eigenvalue weighted by Crippen LogP contribution is 2.40. The van der Waals surface area contributed by atoms with E-state index in [1.807, 2.05) is 0 Å². The smallest absolute Gasteiger partial charge is 0.343 e. The predicted molar refractivity (Wildman–Crippen MR) is 101 cm³/mol. The molecule has 0 unspecified atom stereocenters. The van der Waals surface area contributed by atoms with Gasteiger partial charge in [0.15, 0.2) is 23.9 Å². The third-order valence-corrected chi connectivity index (χ3v) is 3.99. The molecule has 0 fully saturated rings. The van der Waals surface area contributed by atoms with Crippen molar-refractivity contribution >= 4 is 46.7 Å². The topological polar surface area (TPSA) is 97.1 Å². The predicted octanol–water partition coefficient (Wildman–Crippen LogP) is 3.75. The van der Waals surface area contributed by atoms with Crippen LogP contribution in [0.3, 0.4) is 0 Å². The van der Waals surface area contributed by atoms with Gasteiger partial charge in [-0.2, -0.15) is 0 Å². The lowest BCUT2D eigenvalue weighted by atomic mass is 10.2. The third kappa shape index (κ3) is 5.09. The second-order valence-electron chi connectivity index (χ2n) is 5.05. The summed E-state index contributed by atoms with van der Waals surface area (Å²) < 4.78 is 20.9. The Hall–Kier alpha value is -2.35. The largest absolute Gasteiger partial charge is 0.493 e. The first-order valence-corrected chi connectivity index (χ1v) is 8.44. The molecule has 2 aromatic rings. The van der Waals surface area contributed by atoms with Gasteiger partial charge in [-0.15, -0.1) is 0 Å². The number of rotatable bonds is 7. The zero-order valence-electron chi connectivity index (χ0n) is 14.2. The van der Waals surface area contributed by atoms with Gasteiger partial charge in [0, 0.05) is 5.02 Å². The summed E-state index contributed by atoms with van der Waals surface area (Å²) in [5, 5.41) is 0.437. The summed E-state index contributed by atoms with van der Waals surface area (Å²) >= 11 is 17.9. The van der Waals surface area contributed by atoms with Crippen molar-refractivity contribution in [3.63, 3.8) is 0 Å². The van der Waals surface area contributed by atoms with Crippen molar-refractivity contribution in [3.05, 3.63) is 44.9 Å². The second-order valence-corrected chi connectivity index (χ2v) is 6.30. The summed E-state index contributed by atoms with van der Waals surface area (Å²) in [6, 6.07) is 5.47. The number of primary amides is 1. The number of carbonyl (C=O) groups is 2. The van der Waals surface area contributed by atoms with Crippen LogP contribution in [0.4, 0.5) is 0 Å². The Morgan fingerprint density at radius 2 is 1.44 bits per heavy atom. The highest BCUT2D eigenvalue weighted by Gasteiger charge is 2.21. The van der Waals surface area contributed by atoms with E-state index in [1.165, 1.54) is 38.5 Å². The molecule has 0 radical (unpaired) electrons. The number of amides is 1. The molecular weight excluding hydrogens is 421 g/mol. The minimum atomic E-state index is -0.779. The van der Waals surface area contributed by atoms with Gasteiger partial charge in [-0.1, -0.05) is 34.8 Å². The molecule has 0 bridgehead atoms. The number of hydrogen-bond acceptors (Lipinski definition) is 6. The van der Waals surface area contributed by atoms with Gasteiger partial charge in [-0.25, -0.2) is 4.79 Å². The van der Waals surface area contributed by atoms with Crippen molar-refractivity contribution in [1.29, 1.82) is 0 Å². The number of carbonyl (C=O) groups excluding carboxylic acids is 2. The van der Waals surface area contributed by atoms with E-state index in [2.05, 4.69) is 0 Å². The normalized spacial score (nSPS) is 10.3. The molecule has 2 rings (SSSR count). The van der Waals surface area contributed by atoms with Gasteiger partial charge < -0.3 is 24.7 Å². The van der Waals surface area contributed by atoms with Gasteiger partial charge in [-0.3, -0.25) is 4.79 Å². The second kappa shape index (κ2) is 9.03. The number of ether oxygens (including phenoxy) is 4. The van der Waals surface area contributed by atoms with Crippen LogP contribution < -0.4 is 24.7 Å². The molecule has 0 atom stereocenters. The van der Waals surface area contributed by atoms with Crippen molar-refractivity contribution in [1.82, 2.24) is 0 Å². The number of methoxy groups -OCH3 is 2. The number of hydrogen-bond donors (Lipinski definition) is 1. The maximum absolute atomic E-state index is 12.5. The molecule has 27 heavy (non-hydrogen) atoms. The number of esters is 1. The van der Waals surface area contributed by atoms with Crippen molar-refractivity contribution in [2.24, 2.45) is 5.73 Å². The first-order valence-electron chi connectivity index (χ1n) is 7.30. The van der Waals surface area contributed by atoms with Crippen LogP contribution in [0.25, 0.3) is 0 Å². The van der Waals surface area contributed by atoms with Crippen molar-refractivity contribution in [3.8, 4) is 23.0 Å². The van der Waals surface area contributed by atoms with Gasteiger partial charge in [-0.05, 0) is 24.3 Å². The minimum Gasteiger partial charge on any atom is -0.493 e. The summed E-state index contributed by atoms with van der Waals surface area (Å²) in [5.41, 5.74) is 5.14. The minimum absolute atomic E-state index is 0.0419. The lowest BCUT2D eigenvalue weighted by Gasteiger charge is -2.15. The van der Waals surface area contributed by atoms with Crippen LogP contribution in [0, 0.1) is 0 Å². The quantitative estimate of drug-likeness (QED) is 0.526. The first-order chi connectivity index (χ1) is 12.8. The van der Waals surface area contributed by atoms with Crippen molar-refractivity contribution in [2.45, 2.75) is 0 Å². The average molecular weight is 435 g/mol. The molecular formula is C17H14Cl3NO6. The van der Waals surface area contributed by atoms with E-state index in [-0.39, 0.29) is 38.6 Å². The Bertz CT molecular complexity index is 839. The summed E-state index contributed by atoms with van der Waals surface area (Å²) in [5.74, 6) is -1.13. The third-order valence-electron chi connectivity index (χ3n) is 3.21. The van der Waals surface area contributed by atoms with E-state index in [0.29, 0.717) is 5.02 Å². The molecule has 7 nitrogen and oxygen atoms in total. The zero-order valence-corrected chi connectivity index (χ0v) is 16.4. The zero-order chi connectivity index (χ0) is 20.1. The molecule has 10 heteroatoms. The Kier molecular flexibility index (Phi) is 7.01. The highest BCUT2D eigenvalue weighted by atomic mass is 35.5. The lowest BCUT2D eigenvalue weighted by Crippen LogP contribution is -2.20. The maximum Gasteiger partial charge on any atom is 0.343 e. The lowest BCUT2D eigenvalue weighted by molar-refractivity contribution is -0.120. The molecule has 2 aromatic carbocycles. The summed E-state index contributed by atoms with van der Waals surface area (Å²) in [6.07, 6.45) is 0. The first kappa shape index (κ1) is 21.0. The van der Waals surface area contributed by atoms with Crippen molar-refractivity contribution < 1.29 is 28.5 Å². The van der Waals surface area contributed by atoms with Crippen LogP contribution >= 0.6 is 34.8 Å². The Morgan fingerprint density at radius 1 is 0.926 bits per heavy atom. The van der Waals surface area contributed by atoms with E-state index in [0.717, 1.165) is 0 Å². The molecule has 1 amide bonds. The Labute approximate surface area is 169 Å².